The van der Waals surface area contributed by atoms with Crippen molar-refractivity contribution >= 4 is 39.0 Å². The highest BCUT2D eigenvalue weighted by Crippen LogP contribution is 2.39. The molecule has 3 heterocycles. The van der Waals surface area contributed by atoms with Gasteiger partial charge in [0, 0.05) is 4.88 Å². The van der Waals surface area contributed by atoms with E-state index in [0.29, 0.717) is 0 Å². The standard InChI is InChI=1S/C13H14N4S2/c1-7-3-4-8-9(5-7)19-12-10(8)11-16-14-6-17(11)13(15-12)18-2/h6-7H,3-5H2,1-2H3/t7-/m1/s1. The average molecular weight is 290 g/mol. The van der Waals surface area contributed by atoms with Crippen LogP contribution in [0, 0.1) is 5.92 Å². The number of fused-ring (bicyclic) bond motifs is 5. The summed E-state index contributed by atoms with van der Waals surface area (Å²) in [6.07, 6.45) is 7.42. The van der Waals surface area contributed by atoms with Crippen molar-refractivity contribution in [2.75, 3.05) is 6.26 Å². The van der Waals surface area contributed by atoms with E-state index in [9.17, 15) is 0 Å². The van der Waals surface area contributed by atoms with Gasteiger partial charge in [0.25, 0.3) is 0 Å². The fourth-order valence-corrected chi connectivity index (χ4v) is 4.82. The SMILES string of the molecule is CSc1nc2sc3c(c2c2nncn12)CC[C@@H](C)C3. The van der Waals surface area contributed by atoms with E-state index in [-0.39, 0.29) is 0 Å². The highest BCUT2D eigenvalue weighted by Gasteiger charge is 2.23. The van der Waals surface area contributed by atoms with Crippen molar-refractivity contribution in [1.82, 2.24) is 19.6 Å². The Kier molecular flexibility index (Phi) is 2.57. The van der Waals surface area contributed by atoms with Crippen LogP contribution in [0.3, 0.4) is 0 Å². The highest BCUT2D eigenvalue weighted by atomic mass is 32.2. The Balaban J connectivity index is 2.11. The van der Waals surface area contributed by atoms with Crippen molar-refractivity contribution < 1.29 is 0 Å². The summed E-state index contributed by atoms with van der Waals surface area (Å²) in [5.74, 6) is 0.787. The highest BCUT2D eigenvalue weighted by molar-refractivity contribution is 7.98. The maximum Gasteiger partial charge on any atom is 0.176 e. The number of hydrogen-bond acceptors (Lipinski definition) is 5. The van der Waals surface area contributed by atoms with Crippen molar-refractivity contribution in [1.29, 1.82) is 0 Å². The zero-order valence-corrected chi connectivity index (χ0v) is 12.5. The minimum Gasteiger partial charge on any atom is -0.259 e. The molecule has 4 rings (SSSR count). The lowest BCUT2D eigenvalue weighted by atomic mass is 9.89. The van der Waals surface area contributed by atoms with E-state index < -0.39 is 0 Å². The molecule has 0 saturated heterocycles. The Morgan fingerprint density at radius 2 is 2.37 bits per heavy atom. The van der Waals surface area contributed by atoms with Gasteiger partial charge < -0.3 is 0 Å². The first-order valence-corrected chi connectivity index (χ1v) is 8.50. The molecule has 4 nitrogen and oxygen atoms in total. The minimum atomic E-state index is 0.787. The van der Waals surface area contributed by atoms with Crippen molar-refractivity contribution in [2.45, 2.75) is 31.3 Å². The number of hydrogen-bond donors (Lipinski definition) is 0. The largest absolute Gasteiger partial charge is 0.259 e. The zero-order valence-electron chi connectivity index (χ0n) is 10.9. The summed E-state index contributed by atoms with van der Waals surface area (Å²) >= 11 is 3.49. The molecule has 0 spiro atoms. The van der Waals surface area contributed by atoms with Gasteiger partial charge in [-0.05, 0) is 37.0 Å². The van der Waals surface area contributed by atoms with Gasteiger partial charge in [-0.3, -0.25) is 4.40 Å². The Morgan fingerprint density at radius 1 is 1.47 bits per heavy atom. The van der Waals surface area contributed by atoms with Crippen molar-refractivity contribution in [2.24, 2.45) is 5.92 Å². The Bertz CT molecular complexity index is 774. The van der Waals surface area contributed by atoms with Crippen LogP contribution < -0.4 is 0 Å². The maximum atomic E-state index is 4.79. The number of rotatable bonds is 1. The van der Waals surface area contributed by atoms with E-state index in [1.165, 1.54) is 28.7 Å². The lowest BCUT2D eigenvalue weighted by molar-refractivity contribution is 0.509. The molecule has 1 atom stereocenters. The number of aromatic nitrogens is 4. The molecular formula is C13H14N4S2. The lowest BCUT2D eigenvalue weighted by Crippen LogP contribution is -2.08. The van der Waals surface area contributed by atoms with Crippen LogP contribution in [0.15, 0.2) is 11.5 Å². The number of nitrogens with zero attached hydrogens (tertiary/aromatic N) is 4. The van der Waals surface area contributed by atoms with Gasteiger partial charge in [-0.25, -0.2) is 4.98 Å². The molecule has 0 unspecified atom stereocenters. The molecule has 0 aliphatic heterocycles. The van der Waals surface area contributed by atoms with Gasteiger partial charge in [-0.1, -0.05) is 18.7 Å². The van der Waals surface area contributed by atoms with Crippen LogP contribution in [0.5, 0.6) is 0 Å². The first-order chi connectivity index (χ1) is 9.28. The summed E-state index contributed by atoms with van der Waals surface area (Å²) in [4.78, 5) is 7.42. The maximum absolute atomic E-state index is 4.79. The van der Waals surface area contributed by atoms with E-state index >= 15 is 0 Å². The van der Waals surface area contributed by atoms with Crippen LogP contribution in [0.25, 0.3) is 15.9 Å². The summed E-state index contributed by atoms with van der Waals surface area (Å²) < 4.78 is 2.01. The second-order valence-corrected chi connectivity index (χ2v) is 7.01. The van der Waals surface area contributed by atoms with Gasteiger partial charge in [0.1, 0.15) is 11.2 Å². The summed E-state index contributed by atoms with van der Waals surface area (Å²) in [6.45, 7) is 2.33. The van der Waals surface area contributed by atoms with E-state index in [0.717, 1.165) is 28.0 Å². The predicted octanol–water partition coefficient (Wildman–Crippen LogP) is 3.19. The molecule has 1 aliphatic carbocycles. The van der Waals surface area contributed by atoms with Crippen LogP contribution in [-0.4, -0.2) is 25.8 Å². The van der Waals surface area contributed by atoms with E-state index in [1.54, 1.807) is 18.1 Å². The molecule has 0 radical (unpaired) electrons. The third-order valence-electron chi connectivity index (χ3n) is 3.85. The lowest BCUT2D eigenvalue weighted by Gasteiger charge is -2.17. The molecule has 0 bridgehead atoms. The topological polar surface area (TPSA) is 43.1 Å². The van der Waals surface area contributed by atoms with Crippen LogP contribution in [0.2, 0.25) is 0 Å². The molecule has 19 heavy (non-hydrogen) atoms. The predicted molar refractivity (Wildman–Crippen MR) is 79.1 cm³/mol. The van der Waals surface area contributed by atoms with Gasteiger partial charge in [0.15, 0.2) is 10.8 Å². The second-order valence-electron chi connectivity index (χ2n) is 5.15. The number of aryl methyl sites for hydroxylation is 1. The minimum absolute atomic E-state index is 0.787. The van der Waals surface area contributed by atoms with Crippen molar-refractivity contribution in [3.63, 3.8) is 0 Å². The van der Waals surface area contributed by atoms with Crippen molar-refractivity contribution in [3.8, 4) is 0 Å². The van der Waals surface area contributed by atoms with Crippen molar-refractivity contribution in [3.05, 3.63) is 16.8 Å². The Hall–Kier alpha value is -1.14. The van der Waals surface area contributed by atoms with Crippen LogP contribution in [0.1, 0.15) is 23.8 Å². The molecule has 0 N–H and O–H groups in total. The summed E-state index contributed by atoms with van der Waals surface area (Å²) in [5, 5.41) is 10.6. The van der Waals surface area contributed by atoms with Crippen LogP contribution >= 0.6 is 23.1 Å². The summed E-state index contributed by atoms with van der Waals surface area (Å²) in [5.41, 5.74) is 2.44. The molecule has 0 aromatic carbocycles. The zero-order chi connectivity index (χ0) is 13.0. The first kappa shape index (κ1) is 11.7. The molecule has 98 valence electrons. The molecule has 0 fully saturated rings. The number of thioether (sulfide) groups is 1. The molecular weight excluding hydrogens is 276 g/mol. The van der Waals surface area contributed by atoms with E-state index in [4.69, 9.17) is 4.98 Å². The third kappa shape index (κ3) is 1.63. The average Bonchev–Trinajstić information content (AvgIpc) is 2.99. The third-order valence-corrected chi connectivity index (χ3v) is 5.65. The molecule has 3 aromatic rings. The van der Waals surface area contributed by atoms with E-state index in [2.05, 4.69) is 17.1 Å². The molecule has 3 aromatic heterocycles. The van der Waals surface area contributed by atoms with Crippen LogP contribution in [-0.2, 0) is 12.8 Å². The van der Waals surface area contributed by atoms with Crippen LogP contribution in [0.4, 0.5) is 0 Å². The fraction of sp³-hybridized carbons (Fsp3) is 0.462. The molecule has 0 saturated carbocycles. The van der Waals surface area contributed by atoms with Gasteiger partial charge in [0.2, 0.25) is 0 Å². The first-order valence-electron chi connectivity index (χ1n) is 6.46. The molecule has 0 amide bonds. The summed E-state index contributed by atoms with van der Waals surface area (Å²) in [7, 11) is 0. The van der Waals surface area contributed by atoms with Gasteiger partial charge in [-0.15, -0.1) is 21.5 Å². The Morgan fingerprint density at radius 3 is 3.21 bits per heavy atom. The van der Waals surface area contributed by atoms with Gasteiger partial charge in [0.05, 0.1) is 5.39 Å². The normalized spacial score (nSPS) is 19.2. The fourth-order valence-electron chi connectivity index (χ4n) is 2.88. The quantitative estimate of drug-likeness (QED) is 0.510. The van der Waals surface area contributed by atoms with E-state index in [1.807, 2.05) is 22.0 Å². The second kappa shape index (κ2) is 4.18. The molecule has 1 aliphatic rings. The Labute approximate surface area is 119 Å². The van der Waals surface area contributed by atoms with Gasteiger partial charge >= 0.3 is 0 Å². The smallest absolute Gasteiger partial charge is 0.176 e. The molecule has 6 heteroatoms. The van der Waals surface area contributed by atoms with Gasteiger partial charge in [-0.2, -0.15) is 0 Å². The summed E-state index contributed by atoms with van der Waals surface area (Å²) in [6, 6.07) is 0. The monoisotopic (exact) mass is 290 g/mol. The number of thiophene rings is 1.